The van der Waals surface area contributed by atoms with Gasteiger partial charge in [-0.3, -0.25) is 4.79 Å². The molecule has 0 saturated carbocycles. The highest BCUT2D eigenvalue weighted by molar-refractivity contribution is 7.91. The number of benzene rings is 2. The van der Waals surface area contributed by atoms with Gasteiger partial charge in [0.25, 0.3) is 5.91 Å². The largest absolute Gasteiger partial charge is 0.348 e. The number of rotatable bonds is 5. The second kappa shape index (κ2) is 8.62. The van der Waals surface area contributed by atoms with E-state index in [2.05, 4.69) is 16.0 Å². The molecule has 3 rings (SSSR count). The van der Waals surface area contributed by atoms with E-state index in [1.165, 1.54) is 0 Å². The Morgan fingerprint density at radius 3 is 2.43 bits per heavy atom. The summed E-state index contributed by atoms with van der Waals surface area (Å²) >= 11 is 6.07. The van der Waals surface area contributed by atoms with E-state index >= 15 is 0 Å². The first-order chi connectivity index (χ1) is 13.3. The molecule has 2 aromatic rings. The molecule has 2 aromatic carbocycles. The summed E-state index contributed by atoms with van der Waals surface area (Å²) < 4.78 is 22.9. The van der Waals surface area contributed by atoms with E-state index in [9.17, 15) is 18.0 Å². The third-order valence-corrected chi connectivity index (χ3v) is 6.51. The minimum absolute atomic E-state index is 0.0367. The van der Waals surface area contributed by atoms with Crippen molar-refractivity contribution in [3.8, 4) is 0 Å². The van der Waals surface area contributed by atoms with Crippen LogP contribution in [0.25, 0.3) is 0 Å². The molecule has 0 bridgehead atoms. The molecule has 3 amide bonds. The third kappa shape index (κ3) is 5.46. The molecule has 0 radical (unpaired) electrons. The maximum absolute atomic E-state index is 12.2. The van der Waals surface area contributed by atoms with Gasteiger partial charge in [-0.1, -0.05) is 29.8 Å². The molecule has 9 heteroatoms. The van der Waals surface area contributed by atoms with Crippen molar-refractivity contribution < 1.29 is 18.0 Å². The zero-order valence-corrected chi connectivity index (χ0v) is 16.5. The smallest absolute Gasteiger partial charge is 0.319 e. The highest BCUT2D eigenvalue weighted by Gasteiger charge is 2.28. The molecule has 0 unspecified atom stereocenters. The zero-order chi connectivity index (χ0) is 20.1. The minimum atomic E-state index is -3.05. The third-order valence-electron chi connectivity index (χ3n) is 4.37. The van der Waals surface area contributed by atoms with Crippen molar-refractivity contribution in [2.75, 3.05) is 16.8 Å². The van der Waals surface area contributed by atoms with Crippen molar-refractivity contribution in [3.05, 3.63) is 64.7 Å². The van der Waals surface area contributed by atoms with Crippen LogP contribution in [0.15, 0.2) is 48.5 Å². The summed E-state index contributed by atoms with van der Waals surface area (Å²) in [5.74, 6) is -0.201. The number of sulfone groups is 1. The molecule has 1 fully saturated rings. The fraction of sp³-hybridized carbons (Fsp3) is 0.263. The lowest BCUT2D eigenvalue weighted by molar-refractivity contribution is 0.0951. The average molecular weight is 422 g/mol. The molecule has 1 atom stereocenters. The quantitative estimate of drug-likeness (QED) is 0.690. The zero-order valence-electron chi connectivity index (χ0n) is 14.9. The second-order valence-corrected chi connectivity index (χ2v) is 9.19. The predicted octanol–water partition coefficient (Wildman–Crippen LogP) is 2.58. The molecule has 1 aliphatic heterocycles. The van der Waals surface area contributed by atoms with E-state index in [4.69, 9.17) is 11.6 Å². The topological polar surface area (TPSA) is 104 Å². The molecule has 7 nitrogen and oxygen atoms in total. The fourth-order valence-corrected chi connectivity index (χ4v) is 4.76. The summed E-state index contributed by atoms with van der Waals surface area (Å²) in [6.45, 7) is 0.311. The Labute approximate surface area is 168 Å². The van der Waals surface area contributed by atoms with Gasteiger partial charge in [0.05, 0.1) is 11.5 Å². The summed E-state index contributed by atoms with van der Waals surface area (Å²) in [6, 6.07) is 12.8. The molecule has 0 aliphatic carbocycles. The van der Waals surface area contributed by atoms with Gasteiger partial charge in [-0.2, -0.15) is 0 Å². The Morgan fingerprint density at radius 1 is 1.07 bits per heavy atom. The molecular formula is C19H20ClN3O4S. The van der Waals surface area contributed by atoms with Crippen LogP contribution in [0, 0.1) is 0 Å². The van der Waals surface area contributed by atoms with Gasteiger partial charge in [-0.25, -0.2) is 13.2 Å². The summed E-state index contributed by atoms with van der Waals surface area (Å²) in [6.07, 6.45) is 0.417. The minimum Gasteiger partial charge on any atom is -0.348 e. The number of nitrogens with one attached hydrogen (secondary N) is 3. The van der Waals surface area contributed by atoms with Gasteiger partial charge in [0, 0.05) is 28.9 Å². The van der Waals surface area contributed by atoms with E-state index in [0.717, 1.165) is 5.56 Å². The van der Waals surface area contributed by atoms with Gasteiger partial charge in [0.1, 0.15) is 0 Å². The second-order valence-electron chi connectivity index (χ2n) is 6.55. The predicted molar refractivity (Wildman–Crippen MR) is 108 cm³/mol. The maximum Gasteiger partial charge on any atom is 0.319 e. The number of urea groups is 1. The number of carbonyl (C=O) groups excluding carboxylic acids is 2. The van der Waals surface area contributed by atoms with Gasteiger partial charge in [-0.05, 0) is 42.3 Å². The average Bonchev–Trinajstić information content (AvgIpc) is 2.99. The van der Waals surface area contributed by atoms with Crippen molar-refractivity contribution in [2.24, 2.45) is 0 Å². The molecule has 148 valence electrons. The summed E-state index contributed by atoms with van der Waals surface area (Å²) in [7, 11) is -3.05. The highest BCUT2D eigenvalue weighted by Crippen LogP contribution is 2.15. The molecule has 1 aliphatic rings. The van der Waals surface area contributed by atoms with Crippen molar-refractivity contribution >= 4 is 39.1 Å². The number of carbonyl (C=O) groups is 2. The van der Waals surface area contributed by atoms with Gasteiger partial charge in [0.15, 0.2) is 9.84 Å². The van der Waals surface area contributed by atoms with Crippen LogP contribution in [0.4, 0.5) is 10.5 Å². The summed E-state index contributed by atoms with van der Waals surface area (Å²) in [4.78, 5) is 24.2. The van der Waals surface area contributed by atoms with Gasteiger partial charge < -0.3 is 16.0 Å². The number of hydrogen-bond acceptors (Lipinski definition) is 4. The Hall–Kier alpha value is -2.58. The SMILES string of the molecule is O=C(Nc1ccc(C(=O)NCc2ccccc2Cl)cc1)N[C@H]1CCS(=O)(=O)C1. The Balaban J connectivity index is 1.51. The van der Waals surface area contributed by atoms with Crippen LogP contribution in [0.3, 0.4) is 0 Å². The summed E-state index contributed by atoms with van der Waals surface area (Å²) in [5, 5.41) is 8.66. The highest BCUT2D eigenvalue weighted by atomic mass is 35.5. The van der Waals surface area contributed by atoms with E-state index in [-0.39, 0.29) is 23.5 Å². The van der Waals surface area contributed by atoms with Crippen LogP contribution in [-0.2, 0) is 16.4 Å². The molecule has 0 spiro atoms. The lowest BCUT2D eigenvalue weighted by Crippen LogP contribution is -2.38. The van der Waals surface area contributed by atoms with Crippen LogP contribution in [0.1, 0.15) is 22.3 Å². The Morgan fingerprint density at radius 2 is 1.79 bits per heavy atom. The number of anilines is 1. The van der Waals surface area contributed by atoms with Crippen molar-refractivity contribution in [1.29, 1.82) is 0 Å². The van der Waals surface area contributed by atoms with E-state index in [0.29, 0.717) is 29.2 Å². The summed E-state index contributed by atoms with van der Waals surface area (Å²) in [5.41, 5.74) is 1.77. The lowest BCUT2D eigenvalue weighted by atomic mass is 10.1. The maximum atomic E-state index is 12.2. The number of hydrogen-bond donors (Lipinski definition) is 3. The van der Waals surface area contributed by atoms with E-state index in [1.807, 2.05) is 18.2 Å². The fourth-order valence-electron chi connectivity index (χ4n) is 2.89. The first-order valence-corrected chi connectivity index (χ1v) is 10.9. The number of amides is 3. The van der Waals surface area contributed by atoms with Gasteiger partial charge >= 0.3 is 6.03 Å². The van der Waals surface area contributed by atoms with Crippen molar-refractivity contribution in [2.45, 2.75) is 19.0 Å². The van der Waals surface area contributed by atoms with Crippen molar-refractivity contribution in [3.63, 3.8) is 0 Å². The standard InChI is InChI=1S/C19H20ClN3O4S/c20-17-4-2-1-3-14(17)11-21-18(24)13-5-7-15(8-6-13)22-19(25)23-16-9-10-28(26,27)12-16/h1-8,16H,9-12H2,(H,21,24)(H2,22,23,25)/t16-/m0/s1. The Kier molecular flexibility index (Phi) is 6.21. The van der Waals surface area contributed by atoms with Crippen LogP contribution in [0.2, 0.25) is 5.02 Å². The Bertz CT molecular complexity index is 977. The lowest BCUT2D eigenvalue weighted by Gasteiger charge is -2.12. The molecule has 1 saturated heterocycles. The number of halogens is 1. The van der Waals surface area contributed by atoms with Gasteiger partial charge in [0.2, 0.25) is 0 Å². The molecule has 0 aromatic heterocycles. The monoisotopic (exact) mass is 421 g/mol. The molecule has 1 heterocycles. The normalized spacial score (nSPS) is 17.7. The molecule has 3 N–H and O–H groups in total. The van der Waals surface area contributed by atoms with E-state index < -0.39 is 15.9 Å². The van der Waals surface area contributed by atoms with Crippen LogP contribution in [-0.4, -0.2) is 37.9 Å². The van der Waals surface area contributed by atoms with E-state index in [1.54, 1.807) is 30.3 Å². The van der Waals surface area contributed by atoms with Crippen molar-refractivity contribution in [1.82, 2.24) is 10.6 Å². The van der Waals surface area contributed by atoms with Crippen LogP contribution >= 0.6 is 11.6 Å². The van der Waals surface area contributed by atoms with Crippen LogP contribution < -0.4 is 16.0 Å². The first-order valence-electron chi connectivity index (χ1n) is 8.72. The first kappa shape index (κ1) is 20.2. The molecule has 28 heavy (non-hydrogen) atoms. The molecular weight excluding hydrogens is 402 g/mol. The van der Waals surface area contributed by atoms with Crippen LogP contribution in [0.5, 0.6) is 0 Å². The van der Waals surface area contributed by atoms with Gasteiger partial charge in [-0.15, -0.1) is 0 Å².